The van der Waals surface area contributed by atoms with Gasteiger partial charge in [-0.05, 0) is 55.7 Å². The molecule has 1 fully saturated rings. The Morgan fingerprint density at radius 1 is 0.921 bits per heavy atom. The molecule has 0 saturated carbocycles. The van der Waals surface area contributed by atoms with Crippen molar-refractivity contribution >= 4 is 11.6 Å². The molecule has 2 aliphatic rings. The molecular formula is C32H38N4O2. The number of piperazine rings is 1. The summed E-state index contributed by atoms with van der Waals surface area (Å²) in [5, 5.41) is 6.68. The van der Waals surface area contributed by atoms with Crippen LogP contribution >= 0.6 is 0 Å². The lowest BCUT2D eigenvalue weighted by Crippen LogP contribution is -2.49. The Morgan fingerprint density at radius 2 is 1.63 bits per heavy atom. The van der Waals surface area contributed by atoms with Crippen molar-refractivity contribution in [3.8, 4) is 5.75 Å². The van der Waals surface area contributed by atoms with Crippen molar-refractivity contribution in [3.05, 3.63) is 101 Å². The molecule has 1 unspecified atom stereocenters. The van der Waals surface area contributed by atoms with Crippen LogP contribution in [-0.4, -0.2) is 65.8 Å². The molecule has 5 rings (SSSR count). The molecule has 0 aliphatic carbocycles. The monoisotopic (exact) mass is 510 g/mol. The third-order valence-corrected chi connectivity index (χ3v) is 7.52. The molecule has 6 nitrogen and oxygen atoms in total. The number of carbonyl (C=O) groups excluding carboxylic acids is 1. The molecule has 3 aromatic rings. The van der Waals surface area contributed by atoms with Crippen molar-refractivity contribution in [3.63, 3.8) is 0 Å². The van der Waals surface area contributed by atoms with Crippen LogP contribution < -0.4 is 4.74 Å². The van der Waals surface area contributed by atoms with E-state index in [1.165, 1.54) is 16.7 Å². The van der Waals surface area contributed by atoms with E-state index in [2.05, 4.69) is 84.3 Å². The summed E-state index contributed by atoms with van der Waals surface area (Å²) in [6.45, 7) is 11.9. The van der Waals surface area contributed by atoms with Crippen LogP contribution in [0.25, 0.3) is 0 Å². The molecule has 2 heterocycles. The molecule has 6 heteroatoms. The fourth-order valence-electron chi connectivity index (χ4n) is 5.37. The van der Waals surface area contributed by atoms with Crippen LogP contribution in [0.4, 0.5) is 0 Å². The number of ether oxygens (including phenoxy) is 1. The van der Waals surface area contributed by atoms with Gasteiger partial charge in [0.1, 0.15) is 5.75 Å². The van der Waals surface area contributed by atoms with E-state index >= 15 is 0 Å². The summed E-state index contributed by atoms with van der Waals surface area (Å²) in [6.07, 6.45) is 0.703. The van der Waals surface area contributed by atoms with Crippen molar-refractivity contribution in [2.75, 3.05) is 39.3 Å². The molecule has 0 bridgehead atoms. The van der Waals surface area contributed by atoms with Gasteiger partial charge in [0, 0.05) is 44.7 Å². The summed E-state index contributed by atoms with van der Waals surface area (Å²) in [4.78, 5) is 18.4. The first-order valence-corrected chi connectivity index (χ1v) is 13.7. The van der Waals surface area contributed by atoms with Gasteiger partial charge >= 0.3 is 0 Å². The minimum Gasteiger partial charge on any atom is -0.494 e. The molecule has 0 N–H and O–H groups in total. The first-order chi connectivity index (χ1) is 18.5. The van der Waals surface area contributed by atoms with E-state index < -0.39 is 0 Å². The van der Waals surface area contributed by atoms with Gasteiger partial charge in [0.25, 0.3) is 5.91 Å². The molecule has 1 atom stereocenters. The lowest BCUT2D eigenvalue weighted by molar-refractivity contribution is -0.134. The number of rotatable bonds is 8. The molecule has 0 spiro atoms. The maximum absolute atomic E-state index is 13.7. The number of nitrogens with zero attached hydrogens (tertiary/aromatic N) is 4. The van der Waals surface area contributed by atoms with Crippen molar-refractivity contribution in [1.29, 1.82) is 0 Å². The Morgan fingerprint density at radius 3 is 2.34 bits per heavy atom. The highest BCUT2D eigenvalue weighted by atomic mass is 16.5. The molecule has 1 saturated heterocycles. The third kappa shape index (κ3) is 6.14. The zero-order valence-electron chi connectivity index (χ0n) is 22.8. The van der Waals surface area contributed by atoms with Gasteiger partial charge in [0.2, 0.25) is 0 Å². The van der Waals surface area contributed by atoms with Crippen LogP contribution in [0.5, 0.6) is 5.75 Å². The third-order valence-electron chi connectivity index (χ3n) is 7.52. The number of hydrogen-bond acceptors (Lipinski definition) is 5. The van der Waals surface area contributed by atoms with Gasteiger partial charge in [-0.25, -0.2) is 5.01 Å². The summed E-state index contributed by atoms with van der Waals surface area (Å²) in [5.74, 6) is 0.900. The van der Waals surface area contributed by atoms with Gasteiger partial charge in [0.05, 0.1) is 24.9 Å². The quantitative estimate of drug-likeness (QED) is 0.418. The summed E-state index contributed by atoms with van der Waals surface area (Å²) < 4.78 is 5.64. The standard InChI is InChI=1S/C32H38N4O2/c1-4-38-28-14-12-27(13-15-28)31-21-30(29-20-24(2)10-11-25(29)3)33-36(31)32(37)23-35-18-16-34(17-19-35)22-26-8-6-5-7-9-26/h5-15,20,31H,4,16-19,21-23H2,1-3H3. The topological polar surface area (TPSA) is 48.4 Å². The highest BCUT2D eigenvalue weighted by Crippen LogP contribution is 2.34. The predicted octanol–water partition coefficient (Wildman–Crippen LogP) is 5.20. The first-order valence-electron chi connectivity index (χ1n) is 13.7. The highest BCUT2D eigenvalue weighted by molar-refractivity contribution is 6.04. The molecule has 38 heavy (non-hydrogen) atoms. The van der Waals surface area contributed by atoms with Crippen LogP contribution in [0.1, 0.15) is 47.2 Å². The van der Waals surface area contributed by atoms with E-state index in [0.717, 1.165) is 55.3 Å². The maximum Gasteiger partial charge on any atom is 0.257 e. The van der Waals surface area contributed by atoms with E-state index in [9.17, 15) is 4.79 Å². The number of aryl methyl sites for hydroxylation is 2. The van der Waals surface area contributed by atoms with Gasteiger partial charge in [-0.1, -0.05) is 60.2 Å². The number of benzene rings is 3. The number of hydrogen-bond donors (Lipinski definition) is 0. The number of hydrazone groups is 1. The first kappa shape index (κ1) is 26.1. The van der Waals surface area contributed by atoms with E-state index in [-0.39, 0.29) is 11.9 Å². The Balaban J connectivity index is 1.30. The zero-order valence-corrected chi connectivity index (χ0v) is 22.8. The summed E-state index contributed by atoms with van der Waals surface area (Å²) >= 11 is 0. The van der Waals surface area contributed by atoms with Crippen LogP contribution in [0.2, 0.25) is 0 Å². The smallest absolute Gasteiger partial charge is 0.257 e. The molecule has 1 amide bonds. The SMILES string of the molecule is CCOc1ccc(C2CC(c3cc(C)ccc3C)=NN2C(=O)CN2CCN(Cc3ccccc3)CC2)cc1. The number of amides is 1. The normalized spacial score (nSPS) is 18.4. The van der Waals surface area contributed by atoms with Gasteiger partial charge < -0.3 is 4.74 Å². The van der Waals surface area contributed by atoms with Gasteiger partial charge in [0.15, 0.2) is 0 Å². The van der Waals surface area contributed by atoms with Crippen LogP contribution in [0, 0.1) is 13.8 Å². The van der Waals surface area contributed by atoms with E-state index in [0.29, 0.717) is 19.6 Å². The Kier molecular flexibility index (Phi) is 8.20. The fourth-order valence-corrected chi connectivity index (χ4v) is 5.37. The van der Waals surface area contributed by atoms with Gasteiger partial charge in [-0.15, -0.1) is 0 Å². The molecule has 3 aromatic carbocycles. The summed E-state index contributed by atoms with van der Waals surface area (Å²) in [6, 6.07) is 25.0. The van der Waals surface area contributed by atoms with Crippen LogP contribution in [-0.2, 0) is 11.3 Å². The molecule has 2 aliphatic heterocycles. The Bertz CT molecular complexity index is 1260. The van der Waals surface area contributed by atoms with Crippen molar-refractivity contribution in [1.82, 2.24) is 14.8 Å². The van der Waals surface area contributed by atoms with Crippen molar-refractivity contribution < 1.29 is 9.53 Å². The fraction of sp³-hybridized carbons (Fsp3) is 0.375. The van der Waals surface area contributed by atoms with Crippen LogP contribution in [0.3, 0.4) is 0 Å². The van der Waals surface area contributed by atoms with Gasteiger partial charge in [-0.2, -0.15) is 5.10 Å². The minimum atomic E-state index is -0.118. The zero-order chi connectivity index (χ0) is 26.5. The highest BCUT2D eigenvalue weighted by Gasteiger charge is 2.34. The molecule has 198 valence electrons. The lowest BCUT2D eigenvalue weighted by atomic mass is 9.95. The maximum atomic E-state index is 13.7. The van der Waals surface area contributed by atoms with E-state index in [4.69, 9.17) is 9.84 Å². The average molecular weight is 511 g/mol. The minimum absolute atomic E-state index is 0.0562. The summed E-state index contributed by atoms with van der Waals surface area (Å²) in [5.41, 5.74) is 6.91. The molecule has 0 aromatic heterocycles. The second-order valence-corrected chi connectivity index (χ2v) is 10.4. The van der Waals surface area contributed by atoms with Crippen molar-refractivity contribution in [2.24, 2.45) is 5.10 Å². The van der Waals surface area contributed by atoms with E-state index in [1.807, 2.05) is 19.1 Å². The second kappa shape index (κ2) is 11.9. The predicted molar refractivity (Wildman–Crippen MR) is 152 cm³/mol. The van der Waals surface area contributed by atoms with Crippen LogP contribution in [0.15, 0.2) is 77.9 Å². The number of carbonyl (C=O) groups is 1. The second-order valence-electron chi connectivity index (χ2n) is 10.4. The average Bonchev–Trinajstić information content (AvgIpc) is 3.38. The van der Waals surface area contributed by atoms with Gasteiger partial charge in [-0.3, -0.25) is 14.6 Å². The molecule has 0 radical (unpaired) electrons. The Hall–Kier alpha value is -3.48. The summed E-state index contributed by atoms with van der Waals surface area (Å²) in [7, 11) is 0. The molecular weight excluding hydrogens is 472 g/mol. The Labute approximate surface area is 226 Å². The van der Waals surface area contributed by atoms with Crippen molar-refractivity contribution in [2.45, 2.75) is 39.8 Å². The van der Waals surface area contributed by atoms with E-state index in [1.54, 1.807) is 5.01 Å². The largest absolute Gasteiger partial charge is 0.494 e. The lowest BCUT2D eigenvalue weighted by Gasteiger charge is -2.35.